The molecule has 0 aliphatic carbocycles. The molecule has 3 nitrogen and oxygen atoms in total. The second-order valence-corrected chi connectivity index (χ2v) is 15.0. The Balaban J connectivity index is 0.000000204. The van der Waals surface area contributed by atoms with Gasteiger partial charge in [-0.05, 0) is 44.1 Å². The molecule has 2 fully saturated rings. The average Bonchev–Trinajstić information content (AvgIpc) is 3.53. The van der Waals surface area contributed by atoms with Gasteiger partial charge in [-0.2, -0.15) is 26.3 Å². The Bertz CT molecular complexity index is 1030. The van der Waals surface area contributed by atoms with Gasteiger partial charge in [0.15, 0.2) is 12.5 Å². The van der Waals surface area contributed by atoms with Crippen molar-refractivity contribution in [1.82, 2.24) is 4.57 Å². The van der Waals surface area contributed by atoms with Crippen LogP contribution in [-0.2, 0) is 12.4 Å². The first kappa shape index (κ1) is 30.8. The molecule has 0 amide bonds. The summed E-state index contributed by atoms with van der Waals surface area (Å²) in [5, 5.41) is 0. The third-order valence-corrected chi connectivity index (χ3v) is 8.52. The van der Waals surface area contributed by atoms with Gasteiger partial charge in [0.2, 0.25) is 0 Å². The van der Waals surface area contributed by atoms with Crippen LogP contribution in [-0.4, -0.2) is 56.1 Å². The van der Waals surface area contributed by atoms with Crippen molar-refractivity contribution < 1.29 is 35.7 Å². The van der Waals surface area contributed by atoms with E-state index in [1.807, 2.05) is 4.58 Å². The molecule has 0 saturated carbocycles. The van der Waals surface area contributed by atoms with Crippen LogP contribution in [0, 0.1) is 0 Å². The third-order valence-electron chi connectivity index (χ3n) is 6.18. The summed E-state index contributed by atoms with van der Waals surface area (Å²) in [4.78, 5) is 10.2. The van der Waals surface area contributed by atoms with Gasteiger partial charge in [0.1, 0.15) is 21.3 Å². The molecular weight excluding hydrogens is 510 g/mol. The van der Waals surface area contributed by atoms with Gasteiger partial charge >= 0.3 is 12.4 Å². The van der Waals surface area contributed by atoms with Gasteiger partial charge < -0.3 is 4.57 Å². The average molecular weight is 546 g/mol. The van der Waals surface area contributed by atoms with E-state index < -0.39 is 31.7 Å². The molecule has 2 heterocycles. The summed E-state index contributed by atoms with van der Waals surface area (Å²) in [5.74, 6) is 0. The molecule has 2 aromatic carbocycles. The lowest BCUT2D eigenvalue weighted by atomic mass is 10.1. The Labute approximate surface area is 215 Å². The van der Waals surface area contributed by atoms with Gasteiger partial charge in [0, 0.05) is 24.0 Å². The van der Waals surface area contributed by atoms with Crippen molar-refractivity contribution in [3.8, 4) is 0 Å². The van der Waals surface area contributed by atoms with E-state index in [0.29, 0.717) is 0 Å². The lowest BCUT2D eigenvalue weighted by molar-refractivity contribution is -0.500. The maximum Gasteiger partial charge on any atom is 0.417 e. The summed E-state index contributed by atoms with van der Waals surface area (Å²) >= 11 is 0. The molecule has 4 rings (SSSR count). The predicted molar refractivity (Wildman–Crippen MR) is 137 cm³/mol. The highest BCUT2D eigenvalue weighted by Crippen LogP contribution is 2.32. The number of carbonyl (C=O) groups excluding carboxylic acids is 1. The van der Waals surface area contributed by atoms with Crippen molar-refractivity contribution in [3.05, 3.63) is 70.8 Å². The molecule has 2 aliphatic heterocycles. The lowest BCUT2D eigenvalue weighted by Gasteiger charge is -2.28. The van der Waals surface area contributed by atoms with Crippen LogP contribution >= 0.6 is 0 Å². The number of carbonyl (C=O) groups is 1. The molecule has 0 bridgehead atoms. The summed E-state index contributed by atoms with van der Waals surface area (Å²) in [5.41, 5.74) is -1.51. The third kappa shape index (κ3) is 10.1. The van der Waals surface area contributed by atoms with Crippen molar-refractivity contribution in [2.75, 3.05) is 26.2 Å². The molecule has 0 spiro atoms. The SMILES string of the molecule is C[Si](C)(C)N1CCCC1.FC(F)(F)c1ccccc1C=[N+]1CCCC1.O=Cc1ccccc1C(F)(F)F. The summed E-state index contributed by atoms with van der Waals surface area (Å²) in [7, 11) is -0.891. The minimum absolute atomic E-state index is 0.197. The minimum atomic E-state index is -4.45. The number of halogens is 6. The lowest BCUT2D eigenvalue weighted by Crippen LogP contribution is -2.43. The summed E-state index contributed by atoms with van der Waals surface area (Å²) in [6.07, 6.45) is -1.91. The fourth-order valence-electron chi connectivity index (χ4n) is 4.18. The molecule has 204 valence electrons. The van der Waals surface area contributed by atoms with Gasteiger partial charge in [-0.15, -0.1) is 0 Å². The molecule has 0 aromatic heterocycles. The molecule has 0 atom stereocenters. The van der Waals surface area contributed by atoms with E-state index in [1.165, 1.54) is 50.2 Å². The van der Waals surface area contributed by atoms with Crippen LogP contribution in [0.4, 0.5) is 26.3 Å². The summed E-state index contributed by atoms with van der Waals surface area (Å²) < 4.78 is 78.9. The number of alkyl halides is 6. The van der Waals surface area contributed by atoms with E-state index in [1.54, 1.807) is 12.3 Å². The zero-order valence-electron chi connectivity index (χ0n) is 21.5. The first-order valence-corrected chi connectivity index (χ1v) is 15.8. The molecular formula is C27H35F6N2OSi+. The Hall–Kier alpha value is -2.46. The van der Waals surface area contributed by atoms with Crippen molar-refractivity contribution in [1.29, 1.82) is 0 Å². The molecule has 37 heavy (non-hydrogen) atoms. The Kier molecular flexibility index (Phi) is 11.1. The van der Waals surface area contributed by atoms with Crippen LogP contribution in [0.2, 0.25) is 19.6 Å². The fourth-order valence-corrected chi connectivity index (χ4v) is 5.84. The summed E-state index contributed by atoms with van der Waals surface area (Å²) in [6, 6.07) is 10.3. The monoisotopic (exact) mass is 545 g/mol. The normalized spacial score (nSPS) is 16.4. The number of hydrogen-bond donors (Lipinski definition) is 0. The van der Waals surface area contributed by atoms with Gasteiger partial charge in [0.05, 0.1) is 11.1 Å². The van der Waals surface area contributed by atoms with Crippen LogP contribution in [0.3, 0.4) is 0 Å². The van der Waals surface area contributed by atoms with E-state index in [4.69, 9.17) is 0 Å². The van der Waals surface area contributed by atoms with Crippen LogP contribution in [0.25, 0.3) is 0 Å². The number of hydrogen-bond acceptors (Lipinski definition) is 2. The number of aldehydes is 1. The second kappa shape index (κ2) is 13.4. The highest BCUT2D eigenvalue weighted by molar-refractivity contribution is 6.73. The molecule has 2 aliphatic rings. The van der Waals surface area contributed by atoms with Crippen molar-refractivity contribution in [2.45, 2.75) is 57.7 Å². The molecule has 2 saturated heterocycles. The second-order valence-electron chi connectivity index (χ2n) is 10.0. The van der Waals surface area contributed by atoms with E-state index in [9.17, 15) is 31.1 Å². The van der Waals surface area contributed by atoms with E-state index in [2.05, 4.69) is 24.2 Å². The minimum Gasteiger partial charge on any atom is -0.324 e. The predicted octanol–water partition coefficient (Wildman–Crippen LogP) is 7.37. The first-order valence-electron chi connectivity index (χ1n) is 12.3. The molecule has 0 radical (unpaired) electrons. The van der Waals surface area contributed by atoms with E-state index in [0.717, 1.165) is 44.1 Å². The Morgan fingerprint density at radius 3 is 1.54 bits per heavy atom. The van der Waals surface area contributed by atoms with Crippen molar-refractivity contribution in [2.24, 2.45) is 0 Å². The number of rotatable bonds is 3. The molecule has 2 aromatic rings. The highest BCUT2D eigenvalue weighted by atomic mass is 28.3. The quantitative estimate of drug-likeness (QED) is 0.174. The van der Waals surface area contributed by atoms with Crippen molar-refractivity contribution in [3.63, 3.8) is 0 Å². The number of nitrogens with zero attached hydrogens (tertiary/aromatic N) is 2. The number of benzene rings is 2. The van der Waals surface area contributed by atoms with E-state index in [-0.39, 0.29) is 17.4 Å². The largest absolute Gasteiger partial charge is 0.417 e. The Morgan fingerprint density at radius 1 is 0.730 bits per heavy atom. The molecule has 0 unspecified atom stereocenters. The van der Waals surface area contributed by atoms with Crippen LogP contribution < -0.4 is 0 Å². The zero-order valence-corrected chi connectivity index (χ0v) is 22.5. The Morgan fingerprint density at radius 2 is 1.16 bits per heavy atom. The standard InChI is InChI=1S/C12H13F3N.C8H5F3O.C7H17NSi/c13-12(14,15)11-6-2-1-5-10(11)9-16-7-3-4-8-16;9-8(10,11)7-4-2-1-3-6(7)5-12;1-9(2,3)8-6-4-5-7-8/h1-2,5-6,9H,3-4,7-8H2;1-5H;4-7H2,1-3H3/q+1;;. The van der Waals surface area contributed by atoms with Crippen LogP contribution in [0.1, 0.15) is 52.7 Å². The topological polar surface area (TPSA) is 23.3 Å². The fraction of sp³-hybridized carbons (Fsp3) is 0.481. The maximum absolute atomic E-state index is 12.7. The van der Waals surface area contributed by atoms with Crippen molar-refractivity contribution >= 4 is 20.7 Å². The highest BCUT2D eigenvalue weighted by Gasteiger charge is 2.34. The molecule has 0 N–H and O–H groups in total. The van der Waals surface area contributed by atoms with Crippen LogP contribution in [0.15, 0.2) is 48.5 Å². The maximum atomic E-state index is 12.7. The summed E-state index contributed by atoms with van der Waals surface area (Å²) in [6.45, 7) is 11.7. The van der Waals surface area contributed by atoms with Gasteiger partial charge in [-0.3, -0.25) is 4.79 Å². The smallest absolute Gasteiger partial charge is 0.324 e. The zero-order chi connectivity index (χ0) is 27.7. The van der Waals surface area contributed by atoms with Gasteiger partial charge in [-0.25, -0.2) is 4.58 Å². The molecule has 10 heteroatoms. The first-order chi connectivity index (χ1) is 17.2. The van der Waals surface area contributed by atoms with Gasteiger partial charge in [0.25, 0.3) is 0 Å². The van der Waals surface area contributed by atoms with E-state index >= 15 is 0 Å². The van der Waals surface area contributed by atoms with Crippen LogP contribution in [0.5, 0.6) is 0 Å². The van der Waals surface area contributed by atoms with Gasteiger partial charge in [-0.1, -0.05) is 50.0 Å².